The van der Waals surface area contributed by atoms with Gasteiger partial charge >= 0.3 is 0 Å². The van der Waals surface area contributed by atoms with Crippen LogP contribution in [-0.2, 0) is 6.61 Å². The number of thiazole rings is 1. The van der Waals surface area contributed by atoms with Crippen molar-refractivity contribution < 1.29 is 9.47 Å². The number of rotatable bonds is 4. The van der Waals surface area contributed by atoms with Gasteiger partial charge in [-0.1, -0.05) is 0 Å². The Morgan fingerprint density at radius 1 is 1.35 bits per heavy atom. The first kappa shape index (κ1) is 11.4. The lowest BCUT2D eigenvalue weighted by atomic mass is 10.2. The van der Waals surface area contributed by atoms with Gasteiger partial charge in [-0.2, -0.15) is 5.26 Å². The van der Waals surface area contributed by atoms with Crippen LogP contribution in [0.3, 0.4) is 0 Å². The third kappa shape index (κ3) is 2.95. The summed E-state index contributed by atoms with van der Waals surface area (Å²) in [5, 5.41) is 8.87. The van der Waals surface area contributed by atoms with Crippen molar-refractivity contribution in [3.05, 3.63) is 40.3 Å². The Labute approximate surface area is 103 Å². The summed E-state index contributed by atoms with van der Waals surface area (Å²) in [5.41, 5.74) is 2.27. The third-order valence-corrected chi connectivity index (χ3v) is 2.86. The van der Waals surface area contributed by atoms with Crippen molar-refractivity contribution in [3.8, 4) is 17.6 Å². The molecule has 1 aromatic heterocycles. The van der Waals surface area contributed by atoms with Crippen molar-refractivity contribution in [1.29, 1.82) is 5.26 Å². The monoisotopic (exact) mass is 246 g/mol. The van der Waals surface area contributed by atoms with Gasteiger partial charge in [0.1, 0.15) is 18.1 Å². The maximum atomic E-state index is 8.87. The highest BCUT2D eigenvalue weighted by molar-refractivity contribution is 7.09. The third-order valence-electron chi connectivity index (χ3n) is 2.11. The van der Waals surface area contributed by atoms with Crippen LogP contribution < -0.4 is 9.47 Å². The number of methoxy groups -OCH3 is 1. The zero-order valence-corrected chi connectivity index (χ0v) is 10.0. The second-order valence-corrected chi connectivity index (χ2v) is 4.24. The molecular weight excluding hydrogens is 236 g/mol. The Kier molecular flexibility index (Phi) is 3.58. The Balaban J connectivity index is 2.12. The van der Waals surface area contributed by atoms with Crippen molar-refractivity contribution in [1.82, 2.24) is 4.98 Å². The van der Waals surface area contributed by atoms with Crippen LogP contribution in [0.1, 0.15) is 10.4 Å². The molecule has 0 saturated carbocycles. The van der Waals surface area contributed by atoms with Gasteiger partial charge in [-0.15, -0.1) is 11.3 Å². The van der Waals surface area contributed by atoms with E-state index >= 15 is 0 Å². The molecule has 0 spiro atoms. The number of nitriles is 1. The highest BCUT2D eigenvalue weighted by Crippen LogP contribution is 2.23. The lowest BCUT2D eigenvalue weighted by Crippen LogP contribution is -1.94. The Morgan fingerprint density at radius 2 is 2.18 bits per heavy atom. The molecule has 0 aliphatic carbocycles. The lowest BCUT2D eigenvalue weighted by Gasteiger charge is -2.07. The summed E-state index contributed by atoms with van der Waals surface area (Å²) in [7, 11) is 1.56. The minimum Gasteiger partial charge on any atom is -0.497 e. The molecule has 4 nitrogen and oxygen atoms in total. The summed E-state index contributed by atoms with van der Waals surface area (Å²) in [6, 6.07) is 7.17. The molecule has 2 aromatic rings. The fourth-order valence-electron chi connectivity index (χ4n) is 1.31. The van der Waals surface area contributed by atoms with Gasteiger partial charge in [-0.25, -0.2) is 0 Å². The molecule has 0 N–H and O–H groups in total. The van der Waals surface area contributed by atoms with Gasteiger partial charge in [-0.05, 0) is 12.1 Å². The lowest BCUT2D eigenvalue weighted by molar-refractivity contribution is 0.307. The largest absolute Gasteiger partial charge is 0.497 e. The maximum absolute atomic E-state index is 8.87. The second kappa shape index (κ2) is 5.32. The molecule has 0 atom stereocenters. The van der Waals surface area contributed by atoms with Gasteiger partial charge < -0.3 is 9.47 Å². The van der Waals surface area contributed by atoms with E-state index in [1.165, 1.54) is 11.3 Å². The molecule has 0 saturated heterocycles. The number of benzene rings is 1. The molecule has 5 heteroatoms. The van der Waals surface area contributed by atoms with Crippen LogP contribution in [0.25, 0.3) is 0 Å². The smallest absolute Gasteiger partial charge is 0.124 e. The molecule has 0 aliphatic heterocycles. The minimum absolute atomic E-state index is 0.447. The van der Waals surface area contributed by atoms with Gasteiger partial charge in [0.25, 0.3) is 0 Å². The highest BCUT2D eigenvalue weighted by atomic mass is 32.1. The van der Waals surface area contributed by atoms with E-state index in [1.807, 2.05) is 0 Å². The normalized spacial score (nSPS) is 9.65. The van der Waals surface area contributed by atoms with Crippen LogP contribution in [-0.4, -0.2) is 12.1 Å². The van der Waals surface area contributed by atoms with E-state index < -0.39 is 0 Å². The maximum Gasteiger partial charge on any atom is 0.124 e. The molecule has 0 fully saturated rings. The molecule has 1 heterocycles. The fraction of sp³-hybridized carbons (Fsp3) is 0.167. The van der Waals surface area contributed by atoms with Crippen LogP contribution in [0.5, 0.6) is 11.5 Å². The molecule has 1 aromatic carbocycles. The molecule has 17 heavy (non-hydrogen) atoms. The van der Waals surface area contributed by atoms with Crippen LogP contribution in [0, 0.1) is 11.3 Å². The SMILES string of the molecule is COc1cc(C#N)cc(OCc2cncs2)c1. The number of hydrogen-bond acceptors (Lipinski definition) is 5. The van der Waals surface area contributed by atoms with E-state index in [0.717, 1.165) is 4.88 Å². The van der Waals surface area contributed by atoms with Gasteiger partial charge in [0, 0.05) is 12.3 Å². The minimum atomic E-state index is 0.447. The average Bonchev–Trinajstić information content (AvgIpc) is 2.89. The van der Waals surface area contributed by atoms with Crippen LogP contribution >= 0.6 is 11.3 Å². The fourth-order valence-corrected chi connectivity index (χ4v) is 1.81. The standard InChI is InChI=1S/C12H10N2O2S/c1-15-10-2-9(5-13)3-11(4-10)16-7-12-6-14-8-17-12/h2-4,6,8H,7H2,1H3. The number of nitrogens with zero attached hydrogens (tertiary/aromatic N) is 2. The molecule has 0 unspecified atom stereocenters. The summed E-state index contributed by atoms with van der Waals surface area (Å²) in [6.45, 7) is 0.447. The first-order valence-corrected chi connectivity index (χ1v) is 5.79. The Hall–Kier alpha value is -2.06. The highest BCUT2D eigenvalue weighted by Gasteiger charge is 2.03. The van der Waals surface area contributed by atoms with E-state index in [2.05, 4.69) is 11.1 Å². The number of ether oxygens (including phenoxy) is 2. The second-order valence-electron chi connectivity index (χ2n) is 3.27. The van der Waals surface area contributed by atoms with Crippen molar-refractivity contribution in [2.75, 3.05) is 7.11 Å². The first-order chi connectivity index (χ1) is 8.31. The van der Waals surface area contributed by atoms with E-state index in [0.29, 0.717) is 23.7 Å². The Bertz CT molecular complexity index is 532. The van der Waals surface area contributed by atoms with E-state index in [1.54, 1.807) is 37.0 Å². The van der Waals surface area contributed by atoms with Gasteiger partial charge in [-0.3, -0.25) is 4.98 Å². The van der Waals surface area contributed by atoms with Gasteiger partial charge in [0.2, 0.25) is 0 Å². The van der Waals surface area contributed by atoms with E-state index in [9.17, 15) is 0 Å². The molecule has 2 rings (SSSR count). The topological polar surface area (TPSA) is 55.1 Å². The summed E-state index contributed by atoms with van der Waals surface area (Å²) >= 11 is 1.53. The van der Waals surface area contributed by atoms with Crippen molar-refractivity contribution in [2.45, 2.75) is 6.61 Å². The zero-order chi connectivity index (χ0) is 12.1. The molecule has 86 valence electrons. The van der Waals surface area contributed by atoms with Crippen LogP contribution in [0.2, 0.25) is 0 Å². The number of hydrogen-bond donors (Lipinski definition) is 0. The number of aromatic nitrogens is 1. The van der Waals surface area contributed by atoms with Crippen LogP contribution in [0.15, 0.2) is 29.9 Å². The molecule has 0 amide bonds. The first-order valence-electron chi connectivity index (χ1n) is 4.91. The summed E-state index contributed by atoms with van der Waals surface area (Å²) < 4.78 is 10.7. The van der Waals surface area contributed by atoms with E-state index in [-0.39, 0.29) is 0 Å². The average molecular weight is 246 g/mol. The summed E-state index contributed by atoms with van der Waals surface area (Å²) in [5.74, 6) is 1.23. The van der Waals surface area contributed by atoms with Gasteiger partial charge in [0.05, 0.1) is 29.1 Å². The van der Waals surface area contributed by atoms with Gasteiger partial charge in [0.15, 0.2) is 0 Å². The quantitative estimate of drug-likeness (QED) is 0.832. The van der Waals surface area contributed by atoms with Crippen LogP contribution in [0.4, 0.5) is 0 Å². The Morgan fingerprint density at radius 3 is 2.82 bits per heavy atom. The summed E-state index contributed by atoms with van der Waals surface area (Å²) in [6.07, 6.45) is 1.76. The van der Waals surface area contributed by atoms with Crippen molar-refractivity contribution in [3.63, 3.8) is 0 Å². The molecular formula is C12H10N2O2S. The summed E-state index contributed by atoms with van der Waals surface area (Å²) in [4.78, 5) is 5.00. The van der Waals surface area contributed by atoms with Crippen molar-refractivity contribution in [2.24, 2.45) is 0 Å². The predicted octanol–water partition coefficient (Wildman–Crippen LogP) is 2.60. The molecule has 0 radical (unpaired) electrons. The zero-order valence-electron chi connectivity index (χ0n) is 9.21. The molecule has 0 aliphatic rings. The van der Waals surface area contributed by atoms with E-state index in [4.69, 9.17) is 14.7 Å². The molecule has 0 bridgehead atoms. The predicted molar refractivity (Wildman–Crippen MR) is 64.2 cm³/mol. The van der Waals surface area contributed by atoms with Crippen molar-refractivity contribution >= 4 is 11.3 Å².